The van der Waals surface area contributed by atoms with E-state index >= 15 is 0 Å². The molecular formula is C25H18N2O7S2. The van der Waals surface area contributed by atoms with Crippen molar-refractivity contribution in [3.05, 3.63) is 85.2 Å². The lowest BCUT2D eigenvalue weighted by Crippen LogP contribution is -1.97. The molecule has 1 N–H and O–H groups in total. The molecule has 0 saturated heterocycles. The highest BCUT2D eigenvalue weighted by atomic mass is 32.2. The Hall–Kier alpha value is -4.06. The number of aromatic nitrogens is 2. The van der Waals surface area contributed by atoms with Crippen molar-refractivity contribution in [3.8, 4) is 45.6 Å². The van der Waals surface area contributed by atoms with Crippen molar-refractivity contribution >= 4 is 20.0 Å². The van der Waals surface area contributed by atoms with Gasteiger partial charge in [-0.1, -0.05) is 24.3 Å². The minimum Gasteiger partial charge on any atom is -0.436 e. The molecule has 0 saturated carbocycles. The molecule has 11 heteroatoms. The van der Waals surface area contributed by atoms with Crippen LogP contribution in [0.25, 0.3) is 45.6 Å². The zero-order valence-electron chi connectivity index (χ0n) is 18.7. The van der Waals surface area contributed by atoms with E-state index in [0.717, 1.165) is 17.4 Å². The lowest BCUT2D eigenvalue weighted by Gasteiger charge is -2.01. The Morgan fingerprint density at radius 3 is 1.31 bits per heavy atom. The molecule has 0 bridgehead atoms. The van der Waals surface area contributed by atoms with Gasteiger partial charge < -0.3 is 8.83 Å². The third-order valence-electron chi connectivity index (χ3n) is 5.39. The molecule has 0 fully saturated rings. The first-order valence-corrected chi connectivity index (χ1v) is 13.8. The summed E-state index contributed by atoms with van der Waals surface area (Å²) < 4.78 is 66.5. The Balaban J connectivity index is 1.34. The summed E-state index contributed by atoms with van der Waals surface area (Å²) in [5, 5.41) is 0. The first-order chi connectivity index (χ1) is 17.1. The normalized spacial score (nSPS) is 12.1. The largest absolute Gasteiger partial charge is 0.436 e. The van der Waals surface area contributed by atoms with Crippen LogP contribution in [-0.4, -0.2) is 37.6 Å². The van der Waals surface area contributed by atoms with E-state index in [-0.39, 0.29) is 9.79 Å². The van der Waals surface area contributed by atoms with Crippen LogP contribution in [0.4, 0.5) is 0 Å². The number of rotatable bonds is 6. The van der Waals surface area contributed by atoms with Crippen molar-refractivity contribution in [2.24, 2.45) is 0 Å². The molecule has 5 aromatic rings. The van der Waals surface area contributed by atoms with Gasteiger partial charge in [-0.05, 0) is 48.5 Å². The summed E-state index contributed by atoms with van der Waals surface area (Å²) in [5.41, 5.74) is 2.77. The molecule has 0 radical (unpaired) electrons. The van der Waals surface area contributed by atoms with Gasteiger partial charge in [0.15, 0.2) is 21.4 Å². The van der Waals surface area contributed by atoms with Crippen LogP contribution in [0.1, 0.15) is 0 Å². The van der Waals surface area contributed by atoms with Crippen LogP contribution in [0.5, 0.6) is 0 Å². The second-order valence-electron chi connectivity index (χ2n) is 7.93. The van der Waals surface area contributed by atoms with Crippen LogP contribution in [-0.2, 0) is 20.0 Å². The van der Waals surface area contributed by atoms with Crippen LogP contribution in [0.15, 0.2) is 104 Å². The summed E-state index contributed by atoms with van der Waals surface area (Å²) >= 11 is 0. The van der Waals surface area contributed by atoms with E-state index < -0.39 is 20.0 Å². The summed E-state index contributed by atoms with van der Waals surface area (Å²) in [6.45, 7) is 0. The van der Waals surface area contributed by atoms with Crippen LogP contribution in [0.3, 0.4) is 0 Å². The zero-order valence-corrected chi connectivity index (χ0v) is 20.3. The quantitative estimate of drug-likeness (QED) is 0.306. The van der Waals surface area contributed by atoms with E-state index in [1.807, 2.05) is 24.3 Å². The molecule has 182 valence electrons. The number of hydrogen-bond acceptors (Lipinski definition) is 8. The third-order valence-corrected chi connectivity index (χ3v) is 7.39. The van der Waals surface area contributed by atoms with Crippen molar-refractivity contribution in [3.63, 3.8) is 0 Å². The van der Waals surface area contributed by atoms with Crippen LogP contribution in [0.2, 0.25) is 0 Å². The summed E-state index contributed by atoms with van der Waals surface area (Å²) in [6.07, 6.45) is 4.31. The topological polar surface area (TPSA) is 141 Å². The van der Waals surface area contributed by atoms with Crippen LogP contribution < -0.4 is 0 Å². The molecule has 2 heterocycles. The van der Waals surface area contributed by atoms with Gasteiger partial charge in [-0.2, -0.15) is 8.42 Å². The highest BCUT2D eigenvalue weighted by molar-refractivity contribution is 7.90. The molecular weight excluding hydrogens is 504 g/mol. The second-order valence-corrected chi connectivity index (χ2v) is 11.4. The lowest BCUT2D eigenvalue weighted by molar-refractivity contribution is 0.483. The van der Waals surface area contributed by atoms with Gasteiger partial charge in [0, 0.05) is 28.5 Å². The van der Waals surface area contributed by atoms with E-state index in [9.17, 15) is 16.8 Å². The van der Waals surface area contributed by atoms with Gasteiger partial charge in [0.05, 0.1) is 22.2 Å². The van der Waals surface area contributed by atoms with Crippen molar-refractivity contribution in [1.29, 1.82) is 0 Å². The average Bonchev–Trinajstić information content (AvgIpc) is 3.54. The summed E-state index contributed by atoms with van der Waals surface area (Å²) in [6, 6.07) is 19.2. The minimum absolute atomic E-state index is 0.213. The van der Waals surface area contributed by atoms with Crippen molar-refractivity contribution in [1.82, 2.24) is 9.97 Å². The van der Waals surface area contributed by atoms with E-state index in [2.05, 4.69) is 9.97 Å². The molecule has 5 rings (SSSR count). The Kier molecular flexibility index (Phi) is 5.83. The van der Waals surface area contributed by atoms with Gasteiger partial charge in [-0.15, -0.1) is 0 Å². The summed E-state index contributed by atoms with van der Waals surface area (Å²) in [7, 11) is -7.56. The molecule has 0 atom stereocenters. The molecule has 0 aliphatic rings. The average molecular weight is 523 g/mol. The number of oxazole rings is 2. The van der Waals surface area contributed by atoms with Gasteiger partial charge >= 0.3 is 0 Å². The van der Waals surface area contributed by atoms with Gasteiger partial charge in [0.25, 0.3) is 10.1 Å². The van der Waals surface area contributed by atoms with E-state index in [4.69, 9.17) is 13.4 Å². The van der Waals surface area contributed by atoms with E-state index in [1.165, 1.54) is 36.4 Å². The van der Waals surface area contributed by atoms with Crippen molar-refractivity contribution < 1.29 is 30.2 Å². The van der Waals surface area contributed by atoms with Crippen LogP contribution in [0, 0.1) is 0 Å². The van der Waals surface area contributed by atoms with E-state index in [0.29, 0.717) is 34.4 Å². The minimum atomic E-state index is -4.27. The molecule has 9 nitrogen and oxygen atoms in total. The third kappa shape index (κ3) is 4.85. The Labute approximate surface area is 206 Å². The smallest absolute Gasteiger partial charge is 0.294 e. The number of sulfone groups is 1. The van der Waals surface area contributed by atoms with E-state index in [1.54, 1.807) is 24.5 Å². The predicted molar refractivity (Wildman–Crippen MR) is 131 cm³/mol. The van der Waals surface area contributed by atoms with Crippen molar-refractivity contribution in [2.75, 3.05) is 6.26 Å². The summed E-state index contributed by atoms with van der Waals surface area (Å²) in [4.78, 5) is 8.55. The highest BCUT2D eigenvalue weighted by Gasteiger charge is 2.14. The maximum absolute atomic E-state index is 11.6. The SMILES string of the molecule is CS(=O)(=O)c1ccc(-c2ncc(-c3ccc(-c4cnc(-c5ccc(S(=O)(=O)O)cc5)o4)cc3)o2)cc1. The molecule has 2 aromatic heterocycles. The standard InChI is InChI=1S/C25H18N2O7S2/c1-35(28,29)20-10-6-18(7-11-20)24-26-14-22(33-24)16-2-4-17(5-3-16)23-15-27-25(34-23)19-8-12-21(13-9-19)36(30,31)32/h2-15H,1H3,(H,30,31,32). The molecule has 0 aliphatic carbocycles. The molecule has 0 aliphatic heterocycles. The Morgan fingerprint density at radius 2 is 0.944 bits per heavy atom. The number of hydrogen-bond donors (Lipinski definition) is 1. The summed E-state index contributed by atoms with van der Waals surface area (Å²) in [5.74, 6) is 1.73. The first kappa shape index (κ1) is 23.7. The molecule has 36 heavy (non-hydrogen) atoms. The van der Waals surface area contributed by atoms with Gasteiger partial charge in [0.1, 0.15) is 0 Å². The van der Waals surface area contributed by atoms with Gasteiger partial charge in [0.2, 0.25) is 11.8 Å². The number of nitrogens with zero attached hydrogens (tertiary/aromatic N) is 2. The Morgan fingerprint density at radius 1 is 0.583 bits per heavy atom. The first-order valence-electron chi connectivity index (χ1n) is 10.5. The molecule has 0 amide bonds. The second kappa shape index (κ2) is 8.86. The maximum atomic E-state index is 11.6. The zero-order chi connectivity index (χ0) is 25.5. The molecule has 0 spiro atoms. The molecule has 3 aromatic carbocycles. The van der Waals surface area contributed by atoms with Crippen molar-refractivity contribution in [2.45, 2.75) is 9.79 Å². The fraction of sp³-hybridized carbons (Fsp3) is 0.0400. The fourth-order valence-electron chi connectivity index (χ4n) is 3.50. The number of benzene rings is 3. The van der Waals surface area contributed by atoms with Gasteiger partial charge in [-0.25, -0.2) is 18.4 Å². The lowest BCUT2D eigenvalue weighted by atomic mass is 10.1. The highest BCUT2D eigenvalue weighted by Crippen LogP contribution is 2.31. The predicted octanol–water partition coefficient (Wildman–Crippen LogP) is 4.98. The fourth-order valence-corrected chi connectivity index (χ4v) is 4.61. The Bertz CT molecular complexity index is 1620. The van der Waals surface area contributed by atoms with Gasteiger partial charge in [-0.3, -0.25) is 4.55 Å². The molecule has 0 unspecified atom stereocenters. The monoisotopic (exact) mass is 522 g/mol. The maximum Gasteiger partial charge on any atom is 0.294 e. The van der Waals surface area contributed by atoms with Crippen LogP contribution >= 0.6 is 0 Å².